The minimum atomic E-state index is -0.446. The van der Waals surface area contributed by atoms with Gasteiger partial charge in [-0.05, 0) is 30.3 Å². The fourth-order valence-corrected chi connectivity index (χ4v) is 2.17. The van der Waals surface area contributed by atoms with Gasteiger partial charge in [-0.1, -0.05) is 18.2 Å². The summed E-state index contributed by atoms with van der Waals surface area (Å²) >= 11 is 0. The van der Waals surface area contributed by atoms with Crippen molar-refractivity contribution in [3.05, 3.63) is 70.5 Å². The summed E-state index contributed by atoms with van der Waals surface area (Å²) in [6.07, 6.45) is 0. The Bertz CT molecular complexity index is 884. The van der Waals surface area contributed by atoms with Crippen molar-refractivity contribution in [2.75, 3.05) is 7.11 Å². The lowest BCUT2D eigenvalue weighted by atomic mass is 10.1. The number of fused-ring (bicyclic) bond motifs is 1. The molecule has 0 spiro atoms. The van der Waals surface area contributed by atoms with E-state index in [9.17, 15) is 9.59 Å². The topological polar surface area (TPSA) is 68.4 Å². The molecule has 0 radical (unpaired) electrons. The smallest absolute Gasteiger partial charge is 0.337 e. The van der Waals surface area contributed by atoms with E-state index in [2.05, 4.69) is 4.98 Å². The molecule has 110 valence electrons. The first-order valence-corrected chi connectivity index (χ1v) is 6.65. The highest BCUT2D eigenvalue weighted by Gasteiger charge is 2.11. The van der Waals surface area contributed by atoms with Gasteiger partial charge >= 0.3 is 5.97 Å². The fraction of sp³-hybridized carbons (Fsp3) is 0.0588. The van der Waals surface area contributed by atoms with Crippen LogP contribution in [-0.4, -0.2) is 18.1 Å². The Labute approximate surface area is 126 Å². The average Bonchev–Trinajstić information content (AvgIpc) is 2.54. The van der Waals surface area contributed by atoms with Crippen molar-refractivity contribution in [3.8, 4) is 11.5 Å². The van der Waals surface area contributed by atoms with E-state index in [1.165, 1.54) is 13.2 Å². The van der Waals surface area contributed by atoms with Gasteiger partial charge in [0.25, 0.3) is 5.56 Å². The Morgan fingerprint density at radius 3 is 2.55 bits per heavy atom. The van der Waals surface area contributed by atoms with Gasteiger partial charge in [0.05, 0.1) is 18.2 Å². The third kappa shape index (κ3) is 2.69. The lowest BCUT2D eigenvalue weighted by Crippen LogP contribution is -2.06. The molecular formula is C17H13NO4. The minimum Gasteiger partial charge on any atom is -0.465 e. The molecule has 3 aromatic rings. The number of H-pyrrole nitrogens is 1. The number of para-hydroxylation sites is 1. The van der Waals surface area contributed by atoms with E-state index in [1.54, 1.807) is 30.3 Å². The molecule has 0 aliphatic carbocycles. The molecular weight excluding hydrogens is 282 g/mol. The molecule has 0 saturated heterocycles. The number of esters is 1. The summed E-state index contributed by atoms with van der Waals surface area (Å²) in [6.45, 7) is 0. The maximum Gasteiger partial charge on any atom is 0.337 e. The SMILES string of the molecule is COC(=O)c1ccc2[nH]c(=O)cc(Oc3ccccc3)c2c1. The first-order valence-electron chi connectivity index (χ1n) is 6.65. The van der Waals surface area contributed by atoms with Gasteiger partial charge < -0.3 is 14.5 Å². The van der Waals surface area contributed by atoms with E-state index < -0.39 is 5.97 Å². The monoisotopic (exact) mass is 295 g/mol. The second-order valence-electron chi connectivity index (χ2n) is 4.66. The molecule has 0 amide bonds. The number of methoxy groups -OCH3 is 1. The quantitative estimate of drug-likeness (QED) is 0.754. The number of rotatable bonds is 3. The number of aromatic amines is 1. The summed E-state index contributed by atoms with van der Waals surface area (Å²) in [5.74, 6) is 0.548. The molecule has 0 aliphatic heterocycles. The number of ether oxygens (including phenoxy) is 2. The Morgan fingerprint density at radius 2 is 1.82 bits per heavy atom. The molecule has 2 aromatic carbocycles. The zero-order chi connectivity index (χ0) is 15.5. The average molecular weight is 295 g/mol. The third-order valence-corrected chi connectivity index (χ3v) is 3.20. The molecule has 0 saturated carbocycles. The Morgan fingerprint density at radius 1 is 1.05 bits per heavy atom. The van der Waals surface area contributed by atoms with E-state index >= 15 is 0 Å². The van der Waals surface area contributed by atoms with Crippen molar-refractivity contribution in [2.24, 2.45) is 0 Å². The summed E-state index contributed by atoms with van der Waals surface area (Å²) < 4.78 is 10.5. The molecule has 5 heteroatoms. The second-order valence-corrected chi connectivity index (χ2v) is 4.66. The van der Waals surface area contributed by atoms with Crippen molar-refractivity contribution >= 4 is 16.9 Å². The highest BCUT2D eigenvalue weighted by atomic mass is 16.5. The Kier molecular flexibility index (Phi) is 3.62. The molecule has 0 fully saturated rings. The summed E-state index contributed by atoms with van der Waals surface area (Å²) in [5.41, 5.74) is 0.704. The number of pyridine rings is 1. The molecule has 1 heterocycles. The molecule has 0 aliphatic rings. The fourth-order valence-electron chi connectivity index (χ4n) is 2.17. The van der Waals surface area contributed by atoms with Crippen LogP contribution in [0.3, 0.4) is 0 Å². The van der Waals surface area contributed by atoms with Crippen molar-refractivity contribution in [3.63, 3.8) is 0 Å². The van der Waals surface area contributed by atoms with Crippen molar-refractivity contribution in [1.82, 2.24) is 4.98 Å². The number of benzene rings is 2. The second kappa shape index (κ2) is 5.73. The summed E-state index contributed by atoms with van der Waals surface area (Å²) in [6, 6.07) is 15.4. The zero-order valence-electron chi connectivity index (χ0n) is 11.8. The molecule has 5 nitrogen and oxygen atoms in total. The van der Waals surface area contributed by atoms with E-state index in [0.29, 0.717) is 28.0 Å². The number of carbonyl (C=O) groups excluding carboxylic acids is 1. The van der Waals surface area contributed by atoms with Gasteiger partial charge in [0.1, 0.15) is 11.5 Å². The van der Waals surface area contributed by atoms with E-state index in [1.807, 2.05) is 18.2 Å². The molecule has 22 heavy (non-hydrogen) atoms. The number of hydrogen-bond donors (Lipinski definition) is 1. The van der Waals surface area contributed by atoms with Crippen LogP contribution in [0.15, 0.2) is 59.4 Å². The lowest BCUT2D eigenvalue weighted by molar-refractivity contribution is 0.0601. The van der Waals surface area contributed by atoms with E-state index in [-0.39, 0.29) is 5.56 Å². The van der Waals surface area contributed by atoms with Gasteiger partial charge in [-0.3, -0.25) is 4.79 Å². The standard InChI is InChI=1S/C17H13NO4/c1-21-17(20)11-7-8-14-13(9-11)15(10-16(19)18-14)22-12-5-3-2-4-6-12/h2-10H,1H3,(H,18,19). The Balaban J connectivity index is 2.14. The highest BCUT2D eigenvalue weighted by molar-refractivity contribution is 5.96. The number of nitrogens with one attached hydrogen (secondary N) is 1. The molecule has 1 N–H and O–H groups in total. The van der Waals surface area contributed by atoms with Crippen molar-refractivity contribution in [1.29, 1.82) is 0 Å². The van der Waals surface area contributed by atoms with Crippen LogP contribution in [-0.2, 0) is 4.74 Å². The molecule has 0 unspecified atom stereocenters. The zero-order valence-corrected chi connectivity index (χ0v) is 11.8. The Hall–Kier alpha value is -3.08. The van der Waals surface area contributed by atoms with Crippen LogP contribution >= 0.6 is 0 Å². The van der Waals surface area contributed by atoms with E-state index in [0.717, 1.165) is 0 Å². The van der Waals surface area contributed by atoms with Crippen LogP contribution in [0, 0.1) is 0 Å². The van der Waals surface area contributed by atoms with Crippen molar-refractivity contribution < 1.29 is 14.3 Å². The normalized spacial score (nSPS) is 10.4. The largest absolute Gasteiger partial charge is 0.465 e. The molecule has 3 rings (SSSR count). The van der Waals surface area contributed by atoms with Crippen LogP contribution in [0.4, 0.5) is 0 Å². The predicted octanol–water partition coefficient (Wildman–Crippen LogP) is 3.11. The maximum absolute atomic E-state index is 11.7. The van der Waals surface area contributed by atoms with Crippen LogP contribution < -0.4 is 10.3 Å². The van der Waals surface area contributed by atoms with Gasteiger partial charge in [-0.15, -0.1) is 0 Å². The minimum absolute atomic E-state index is 0.274. The van der Waals surface area contributed by atoms with Crippen LogP contribution in [0.5, 0.6) is 11.5 Å². The number of carbonyl (C=O) groups is 1. The molecule has 1 aromatic heterocycles. The van der Waals surface area contributed by atoms with Crippen LogP contribution in [0.1, 0.15) is 10.4 Å². The first-order chi connectivity index (χ1) is 10.7. The summed E-state index contributed by atoms with van der Waals surface area (Å²) in [5, 5.41) is 0.631. The maximum atomic E-state index is 11.7. The summed E-state index contributed by atoms with van der Waals surface area (Å²) in [7, 11) is 1.32. The van der Waals surface area contributed by atoms with Crippen molar-refractivity contribution in [2.45, 2.75) is 0 Å². The molecule has 0 atom stereocenters. The van der Waals surface area contributed by atoms with Gasteiger partial charge in [0.2, 0.25) is 0 Å². The van der Waals surface area contributed by atoms with Crippen LogP contribution in [0.25, 0.3) is 10.9 Å². The van der Waals surface area contributed by atoms with Crippen LogP contribution in [0.2, 0.25) is 0 Å². The highest BCUT2D eigenvalue weighted by Crippen LogP contribution is 2.28. The first kappa shape index (κ1) is 13.9. The number of aromatic nitrogens is 1. The van der Waals surface area contributed by atoms with Gasteiger partial charge in [-0.25, -0.2) is 4.79 Å². The molecule has 0 bridgehead atoms. The summed E-state index contributed by atoms with van der Waals surface area (Å²) in [4.78, 5) is 26.1. The van der Waals surface area contributed by atoms with Gasteiger partial charge in [0.15, 0.2) is 0 Å². The van der Waals surface area contributed by atoms with E-state index in [4.69, 9.17) is 9.47 Å². The number of hydrogen-bond acceptors (Lipinski definition) is 4. The lowest BCUT2D eigenvalue weighted by Gasteiger charge is -2.09. The predicted molar refractivity (Wildman–Crippen MR) is 82.4 cm³/mol. The van der Waals surface area contributed by atoms with Gasteiger partial charge in [-0.2, -0.15) is 0 Å². The third-order valence-electron chi connectivity index (χ3n) is 3.20. The van der Waals surface area contributed by atoms with Gasteiger partial charge in [0, 0.05) is 11.5 Å².